The summed E-state index contributed by atoms with van der Waals surface area (Å²) >= 11 is 0. The highest BCUT2D eigenvalue weighted by molar-refractivity contribution is 5.57. The molecule has 1 aliphatic carbocycles. The Bertz CT molecular complexity index is 774. The van der Waals surface area contributed by atoms with Gasteiger partial charge in [0.1, 0.15) is 17.6 Å². The first-order valence-electron chi connectivity index (χ1n) is 8.98. The predicted molar refractivity (Wildman–Crippen MR) is 98.3 cm³/mol. The molecule has 2 N–H and O–H groups in total. The molecule has 4 nitrogen and oxygen atoms in total. The van der Waals surface area contributed by atoms with Gasteiger partial charge < -0.3 is 19.9 Å². The molecule has 2 aliphatic rings. The molecule has 2 aromatic carbocycles. The van der Waals surface area contributed by atoms with Gasteiger partial charge in [0.2, 0.25) is 0 Å². The van der Waals surface area contributed by atoms with E-state index in [1.807, 2.05) is 30.3 Å². The van der Waals surface area contributed by atoms with Crippen LogP contribution in [0, 0.1) is 0 Å². The van der Waals surface area contributed by atoms with E-state index in [2.05, 4.69) is 6.07 Å². The third kappa shape index (κ3) is 2.74. The van der Waals surface area contributed by atoms with Crippen molar-refractivity contribution < 1.29 is 14.2 Å². The van der Waals surface area contributed by atoms with Crippen LogP contribution in [0.4, 0.5) is 5.69 Å². The first kappa shape index (κ1) is 16.3. The van der Waals surface area contributed by atoms with E-state index < -0.39 is 0 Å². The molecule has 1 saturated carbocycles. The fourth-order valence-electron chi connectivity index (χ4n) is 4.41. The van der Waals surface area contributed by atoms with E-state index in [0.29, 0.717) is 5.92 Å². The minimum absolute atomic E-state index is 0.178. The largest absolute Gasteiger partial charge is 0.496 e. The summed E-state index contributed by atoms with van der Waals surface area (Å²) in [5.41, 5.74) is 10.2. The summed E-state index contributed by atoms with van der Waals surface area (Å²) in [5.74, 6) is 2.16. The Hall–Kier alpha value is -2.20. The van der Waals surface area contributed by atoms with Crippen LogP contribution in [0.25, 0.3) is 0 Å². The number of hydrogen-bond donors (Lipinski definition) is 1. The van der Waals surface area contributed by atoms with Crippen molar-refractivity contribution in [2.75, 3.05) is 20.0 Å². The predicted octanol–water partition coefficient (Wildman–Crippen LogP) is 4.43. The highest BCUT2D eigenvalue weighted by Gasteiger charge is 2.41. The molecule has 0 bridgehead atoms. The van der Waals surface area contributed by atoms with Gasteiger partial charge in [-0.05, 0) is 42.7 Å². The van der Waals surface area contributed by atoms with Gasteiger partial charge in [0.15, 0.2) is 0 Å². The molecule has 132 valence electrons. The number of methoxy groups -OCH3 is 2. The Labute approximate surface area is 148 Å². The Kier molecular flexibility index (Phi) is 4.30. The second-order valence-electron chi connectivity index (χ2n) is 6.91. The first-order valence-corrected chi connectivity index (χ1v) is 8.98. The van der Waals surface area contributed by atoms with E-state index in [1.165, 1.54) is 18.4 Å². The Balaban J connectivity index is 1.93. The summed E-state index contributed by atoms with van der Waals surface area (Å²) in [5, 5.41) is 0. The zero-order valence-corrected chi connectivity index (χ0v) is 14.8. The van der Waals surface area contributed by atoms with E-state index in [-0.39, 0.29) is 12.2 Å². The zero-order chi connectivity index (χ0) is 17.4. The molecule has 1 fully saturated rings. The SMILES string of the molecule is COc1ccc(OC)c2c1[C@@H](c1cccc(N)c1)O[C@H]1CCCC[C@H]21. The molecule has 0 aromatic heterocycles. The first-order chi connectivity index (χ1) is 12.2. The van der Waals surface area contributed by atoms with Gasteiger partial charge in [0.25, 0.3) is 0 Å². The number of nitrogens with two attached hydrogens (primary N) is 1. The number of hydrogen-bond acceptors (Lipinski definition) is 4. The zero-order valence-electron chi connectivity index (χ0n) is 14.8. The van der Waals surface area contributed by atoms with E-state index in [0.717, 1.165) is 41.2 Å². The van der Waals surface area contributed by atoms with E-state index in [4.69, 9.17) is 19.9 Å². The van der Waals surface area contributed by atoms with Crippen LogP contribution in [-0.4, -0.2) is 20.3 Å². The lowest BCUT2D eigenvalue weighted by atomic mass is 9.75. The summed E-state index contributed by atoms with van der Waals surface area (Å²) in [7, 11) is 3.45. The lowest BCUT2D eigenvalue weighted by molar-refractivity contribution is -0.0406. The lowest BCUT2D eigenvalue weighted by Crippen LogP contribution is -2.34. The average molecular weight is 339 g/mol. The van der Waals surface area contributed by atoms with Crippen LogP contribution < -0.4 is 15.2 Å². The van der Waals surface area contributed by atoms with Crippen molar-refractivity contribution >= 4 is 5.69 Å². The van der Waals surface area contributed by atoms with Crippen LogP contribution in [0.15, 0.2) is 36.4 Å². The molecule has 4 rings (SSSR count). The van der Waals surface area contributed by atoms with Gasteiger partial charge in [0.05, 0.1) is 20.3 Å². The van der Waals surface area contributed by atoms with Crippen molar-refractivity contribution in [1.82, 2.24) is 0 Å². The summed E-state index contributed by atoms with van der Waals surface area (Å²) in [4.78, 5) is 0. The number of ether oxygens (including phenoxy) is 3. The number of fused-ring (bicyclic) bond motifs is 3. The highest BCUT2D eigenvalue weighted by atomic mass is 16.5. The number of benzene rings is 2. The number of nitrogen functional groups attached to an aromatic ring is 1. The van der Waals surface area contributed by atoms with Crippen LogP contribution in [0.1, 0.15) is 54.4 Å². The van der Waals surface area contributed by atoms with Crippen LogP contribution in [0.3, 0.4) is 0 Å². The lowest BCUT2D eigenvalue weighted by Gasteiger charge is -2.42. The Morgan fingerprint density at radius 3 is 2.40 bits per heavy atom. The number of rotatable bonds is 3. The molecule has 0 unspecified atom stereocenters. The molecule has 0 amide bonds. The van der Waals surface area contributed by atoms with E-state index in [9.17, 15) is 0 Å². The molecular formula is C21H25NO3. The second kappa shape index (κ2) is 6.60. The summed E-state index contributed by atoms with van der Waals surface area (Å²) in [6.07, 6.45) is 4.70. The Morgan fingerprint density at radius 2 is 1.68 bits per heavy atom. The Morgan fingerprint density at radius 1 is 0.960 bits per heavy atom. The summed E-state index contributed by atoms with van der Waals surface area (Å²) < 4.78 is 18.0. The van der Waals surface area contributed by atoms with E-state index in [1.54, 1.807) is 14.2 Å². The quantitative estimate of drug-likeness (QED) is 0.841. The summed E-state index contributed by atoms with van der Waals surface area (Å²) in [6.45, 7) is 0. The van der Waals surface area contributed by atoms with Gasteiger partial charge in [-0.25, -0.2) is 0 Å². The van der Waals surface area contributed by atoms with Crippen molar-refractivity contribution in [3.8, 4) is 11.5 Å². The normalized spacial score (nSPS) is 25.0. The molecule has 25 heavy (non-hydrogen) atoms. The standard InChI is InChI=1S/C21H25NO3/c1-23-17-10-11-18(24-2)20-19(17)15-8-3-4-9-16(15)25-21(20)13-6-5-7-14(22)12-13/h5-7,10-12,15-16,21H,3-4,8-9,22H2,1-2H3/t15-,16-,21+/m0/s1. The van der Waals surface area contributed by atoms with Crippen LogP contribution in [0.2, 0.25) is 0 Å². The number of anilines is 1. The van der Waals surface area contributed by atoms with E-state index >= 15 is 0 Å². The summed E-state index contributed by atoms with van der Waals surface area (Å²) in [6, 6.07) is 11.9. The fraction of sp³-hybridized carbons (Fsp3) is 0.429. The van der Waals surface area contributed by atoms with Crippen molar-refractivity contribution in [3.63, 3.8) is 0 Å². The van der Waals surface area contributed by atoms with Crippen molar-refractivity contribution in [2.45, 2.75) is 43.8 Å². The van der Waals surface area contributed by atoms with Crippen LogP contribution in [-0.2, 0) is 4.74 Å². The van der Waals surface area contributed by atoms with Gasteiger partial charge in [-0.1, -0.05) is 25.0 Å². The van der Waals surface area contributed by atoms with Gasteiger partial charge in [-0.2, -0.15) is 0 Å². The van der Waals surface area contributed by atoms with Gasteiger partial charge in [-0.15, -0.1) is 0 Å². The topological polar surface area (TPSA) is 53.7 Å². The van der Waals surface area contributed by atoms with Gasteiger partial charge >= 0.3 is 0 Å². The van der Waals surface area contributed by atoms with Crippen LogP contribution >= 0.6 is 0 Å². The smallest absolute Gasteiger partial charge is 0.125 e. The molecule has 0 saturated heterocycles. The molecule has 1 aliphatic heterocycles. The monoisotopic (exact) mass is 339 g/mol. The fourth-order valence-corrected chi connectivity index (χ4v) is 4.41. The van der Waals surface area contributed by atoms with Crippen molar-refractivity contribution in [3.05, 3.63) is 53.1 Å². The highest BCUT2D eigenvalue weighted by Crippen LogP contribution is 2.52. The second-order valence-corrected chi connectivity index (χ2v) is 6.91. The molecule has 1 heterocycles. The van der Waals surface area contributed by atoms with Crippen LogP contribution in [0.5, 0.6) is 11.5 Å². The van der Waals surface area contributed by atoms with Gasteiger partial charge in [-0.3, -0.25) is 0 Å². The van der Waals surface area contributed by atoms with Crippen molar-refractivity contribution in [1.29, 1.82) is 0 Å². The molecule has 2 aromatic rings. The van der Waals surface area contributed by atoms with Crippen molar-refractivity contribution in [2.24, 2.45) is 0 Å². The molecular weight excluding hydrogens is 314 g/mol. The third-order valence-electron chi connectivity index (χ3n) is 5.51. The molecule has 0 radical (unpaired) electrons. The molecule has 3 atom stereocenters. The minimum Gasteiger partial charge on any atom is -0.496 e. The minimum atomic E-state index is -0.178. The van der Waals surface area contributed by atoms with Gasteiger partial charge in [0, 0.05) is 22.7 Å². The molecule has 4 heteroatoms. The molecule has 0 spiro atoms. The maximum Gasteiger partial charge on any atom is 0.125 e. The maximum absolute atomic E-state index is 6.61. The average Bonchev–Trinajstić information content (AvgIpc) is 2.66. The maximum atomic E-state index is 6.61. The third-order valence-corrected chi connectivity index (χ3v) is 5.51.